The summed E-state index contributed by atoms with van der Waals surface area (Å²) in [4.78, 5) is 0. The van der Waals surface area contributed by atoms with Gasteiger partial charge in [0, 0.05) is 5.56 Å². The maximum absolute atomic E-state index is 13.2. The van der Waals surface area contributed by atoms with Crippen LogP contribution in [-0.4, -0.2) is 0 Å². The molecule has 0 amide bonds. The molecule has 2 fully saturated rings. The molecule has 3 rings (SSSR count). The summed E-state index contributed by atoms with van der Waals surface area (Å²) in [6, 6.07) is 3.79. The van der Waals surface area contributed by atoms with E-state index in [1.165, 1.54) is 76.7 Å². The van der Waals surface area contributed by atoms with Crippen LogP contribution < -0.4 is 0 Å². The van der Waals surface area contributed by atoms with Crippen LogP contribution in [-0.2, 0) is 0 Å². The Morgan fingerprint density at radius 2 is 1.46 bits per heavy atom. The average molecular weight is 385 g/mol. The van der Waals surface area contributed by atoms with Crippen LogP contribution in [0.15, 0.2) is 30.4 Å². The molecule has 0 bridgehead atoms. The van der Waals surface area contributed by atoms with Gasteiger partial charge in [-0.3, -0.25) is 0 Å². The number of halogens is 2. The van der Waals surface area contributed by atoms with Crippen LogP contribution in [0.2, 0.25) is 0 Å². The van der Waals surface area contributed by atoms with Gasteiger partial charge in [-0.2, -0.15) is 0 Å². The van der Waals surface area contributed by atoms with Crippen molar-refractivity contribution in [1.82, 2.24) is 0 Å². The molecule has 28 heavy (non-hydrogen) atoms. The molecule has 0 atom stereocenters. The van der Waals surface area contributed by atoms with Gasteiger partial charge in [0.2, 0.25) is 0 Å². The normalized spacial score (nSPS) is 28.1. The molecule has 0 nitrogen and oxygen atoms in total. The second-order valence-electron chi connectivity index (χ2n) is 8.91. The van der Waals surface area contributed by atoms with Crippen molar-refractivity contribution in [2.24, 2.45) is 23.7 Å². The predicted molar refractivity (Wildman–Crippen MR) is 113 cm³/mol. The van der Waals surface area contributed by atoms with Crippen molar-refractivity contribution in [1.29, 1.82) is 0 Å². The largest absolute Gasteiger partial charge is 0.204 e. The fourth-order valence-electron chi connectivity index (χ4n) is 4.95. The maximum Gasteiger partial charge on any atom is 0.160 e. The van der Waals surface area contributed by atoms with Crippen molar-refractivity contribution in [2.45, 2.75) is 77.6 Å². The molecule has 0 aromatic heterocycles. The number of rotatable bonds is 5. The first-order valence-corrected chi connectivity index (χ1v) is 11.3. The quantitative estimate of drug-likeness (QED) is 0.457. The van der Waals surface area contributed by atoms with Crippen LogP contribution >= 0.6 is 0 Å². The van der Waals surface area contributed by atoms with E-state index in [0.717, 1.165) is 29.9 Å². The van der Waals surface area contributed by atoms with Crippen molar-refractivity contribution in [2.75, 3.05) is 0 Å². The molecule has 0 saturated heterocycles. The van der Waals surface area contributed by atoms with Gasteiger partial charge in [0.15, 0.2) is 11.6 Å². The zero-order valence-corrected chi connectivity index (χ0v) is 17.2. The highest BCUT2D eigenvalue weighted by molar-refractivity contribution is 5.37. The predicted octanol–water partition coefficient (Wildman–Crippen LogP) is 7.68. The highest BCUT2D eigenvalue weighted by Gasteiger charge is 2.23. The van der Waals surface area contributed by atoms with Crippen LogP contribution in [0.3, 0.4) is 0 Å². The van der Waals surface area contributed by atoms with E-state index in [-0.39, 0.29) is 0 Å². The summed E-state index contributed by atoms with van der Waals surface area (Å²) in [6.45, 7) is 2.34. The summed E-state index contributed by atoms with van der Waals surface area (Å²) in [6.07, 6.45) is 19.4. The van der Waals surface area contributed by atoms with Gasteiger partial charge in [-0.05, 0) is 73.6 Å². The van der Waals surface area contributed by atoms with Crippen LogP contribution in [0.5, 0.6) is 0 Å². The maximum atomic E-state index is 13.2. The molecule has 2 aliphatic carbocycles. The van der Waals surface area contributed by atoms with Crippen molar-refractivity contribution in [3.63, 3.8) is 0 Å². The number of hydrogen-bond donors (Lipinski definition) is 0. The van der Waals surface area contributed by atoms with Crippen molar-refractivity contribution in [3.8, 4) is 11.8 Å². The summed E-state index contributed by atoms with van der Waals surface area (Å²) in [7, 11) is 0. The van der Waals surface area contributed by atoms with Gasteiger partial charge in [0.05, 0.1) is 0 Å². The fourth-order valence-corrected chi connectivity index (χ4v) is 4.95. The second-order valence-corrected chi connectivity index (χ2v) is 8.91. The molecule has 0 N–H and O–H groups in total. The molecule has 0 spiro atoms. The minimum Gasteiger partial charge on any atom is -0.204 e. The molecule has 2 saturated carbocycles. The SMILES string of the molecule is CCC1CCC(CCC2CCC(C=CC#Cc3ccc(F)c(F)c3)CC2)CC1. The number of hydrogen-bond acceptors (Lipinski definition) is 0. The molecular formula is C26H34F2. The van der Waals surface area contributed by atoms with E-state index in [2.05, 4.69) is 24.8 Å². The highest BCUT2D eigenvalue weighted by atomic mass is 19.2. The lowest BCUT2D eigenvalue weighted by Crippen LogP contribution is -2.17. The van der Waals surface area contributed by atoms with Gasteiger partial charge in [-0.15, -0.1) is 0 Å². The summed E-state index contributed by atoms with van der Waals surface area (Å²) in [5, 5.41) is 0. The third-order valence-corrected chi connectivity index (χ3v) is 7.01. The van der Waals surface area contributed by atoms with E-state index in [1.807, 2.05) is 6.08 Å². The first-order valence-electron chi connectivity index (χ1n) is 11.3. The fraction of sp³-hybridized carbons (Fsp3) is 0.615. The molecule has 0 aliphatic heterocycles. The van der Waals surface area contributed by atoms with E-state index < -0.39 is 11.6 Å². The van der Waals surface area contributed by atoms with Crippen molar-refractivity contribution < 1.29 is 8.78 Å². The molecule has 0 heterocycles. The number of allylic oxidation sites excluding steroid dienone is 2. The van der Waals surface area contributed by atoms with Gasteiger partial charge in [-0.25, -0.2) is 8.78 Å². The van der Waals surface area contributed by atoms with Gasteiger partial charge in [0.1, 0.15) is 0 Å². The Bertz CT molecular complexity index is 693. The molecule has 1 aromatic rings. The molecule has 0 radical (unpaired) electrons. The van der Waals surface area contributed by atoms with Gasteiger partial charge in [0.25, 0.3) is 0 Å². The zero-order chi connectivity index (χ0) is 19.8. The summed E-state index contributed by atoms with van der Waals surface area (Å²) >= 11 is 0. The first kappa shape index (κ1) is 21.1. The molecule has 0 unspecified atom stereocenters. The topological polar surface area (TPSA) is 0 Å². The Balaban J connectivity index is 1.34. The van der Waals surface area contributed by atoms with Gasteiger partial charge >= 0.3 is 0 Å². The Kier molecular flexibility index (Phi) is 8.13. The van der Waals surface area contributed by atoms with Crippen molar-refractivity contribution >= 4 is 0 Å². The third-order valence-electron chi connectivity index (χ3n) is 7.01. The van der Waals surface area contributed by atoms with Crippen molar-refractivity contribution in [3.05, 3.63) is 47.5 Å². The van der Waals surface area contributed by atoms with Crippen LogP contribution in [0.1, 0.15) is 83.1 Å². The van der Waals surface area contributed by atoms with Gasteiger partial charge < -0.3 is 0 Å². The van der Waals surface area contributed by atoms with E-state index >= 15 is 0 Å². The lowest BCUT2D eigenvalue weighted by atomic mass is 9.75. The zero-order valence-electron chi connectivity index (χ0n) is 17.2. The highest BCUT2D eigenvalue weighted by Crippen LogP contribution is 2.37. The average Bonchev–Trinajstić information content (AvgIpc) is 2.73. The van der Waals surface area contributed by atoms with E-state index in [9.17, 15) is 8.78 Å². The first-order chi connectivity index (χ1) is 13.6. The van der Waals surface area contributed by atoms with Crippen LogP contribution in [0.25, 0.3) is 0 Å². The second kappa shape index (κ2) is 10.8. The Morgan fingerprint density at radius 1 is 0.857 bits per heavy atom. The van der Waals surface area contributed by atoms with E-state index in [0.29, 0.717) is 11.5 Å². The molecule has 152 valence electrons. The summed E-state index contributed by atoms with van der Waals surface area (Å²) in [5.41, 5.74) is 0.514. The smallest absolute Gasteiger partial charge is 0.160 e. The van der Waals surface area contributed by atoms with Crippen LogP contribution in [0.4, 0.5) is 8.78 Å². The minimum absolute atomic E-state index is 0.514. The van der Waals surface area contributed by atoms with E-state index in [4.69, 9.17) is 0 Å². The Labute approximate surface area is 169 Å². The summed E-state index contributed by atoms with van der Waals surface area (Å²) in [5.74, 6) is 7.71. The lowest BCUT2D eigenvalue weighted by molar-refractivity contribution is 0.224. The molecular weight excluding hydrogens is 350 g/mol. The third kappa shape index (κ3) is 6.47. The lowest BCUT2D eigenvalue weighted by Gasteiger charge is -2.31. The monoisotopic (exact) mass is 384 g/mol. The Hall–Kier alpha value is -1.62. The molecule has 2 aliphatic rings. The van der Waals surface area contributed by atoms with Gasteiger partial charge in [-0.1, -0.05) is 69.8 Å². The van der Waals surface area contributed by atoms with E-state index in [1.54, 1.807) is 0 Å². The molecule has 2 heteroatoms. The Morgan fingerprint density at radius 3 is 2.07 bits per heavy atom. The standard InChI is InChI=1S/C26H34F2/c1-2-20-7-9-22(10-8-20)15-16-23-13-11-21(12-14-23)5-3-4-6-24-17-18-25(27)26(28)19-24/h3,5,17-23H,2,7-16H2,1H3. The minimum atomic E-state index is -0.840. The molecule has 1 aromatic carbocycles. The summed E-state index contributed by atoms with van der Waals surface area (Å²) < 4.78 is 26.1. The van der Waals surface area contributed by atoms with Crippen LogP contribution in [0, 0.1) is 47.1 Å². The number of benzene rings is 1.